The van der Waals surface area contributed by atoms with E-state index in [1.54, 1.807) is 0 Å². The summed E-state index contributed by atoms with van der Waals surface area (Å²) in [5.74, 6) is -1.64. The van der Waals surface area contributed by atoms with Gasteiger partial charge in [0.05, 0.1) is 5.41 Å². The highest BCUT2D eigenvalue weighted by molar-refractivity contribution is 5.89. The van der Waals surface area contributed by atoms with Gasteiger partial charge >= 0.3 is 5.97 Å². The van der Waals surface area contributed by atoms with Gasteiger partial charge in [0.2, 0.25) is 5.91 Å². The minimum atomic E-state index is -1.13. The fourth-order valence-electron chi connectivity index (χ4n) is 0.972. The monoisotopic (exact) mass is 189 g/mol. The van der Waals surface area contributed by atoms with Crippen LogP contribution < -0.4 is 5.32 Å². The van der Waals surface area contributed by atoms with E-state index >= 15 is 0 Å². The fourth-order valence-corrected chi connectivity index (χ4v) is 0.972. The fraction of sp³-hybridized carbons (Fsp3) is 0.750. The predicted molar refractivity (Wildman–Crippen MR) is 42.9 cm³/mol. The summed E-state index contributed by atoms with van der Waals surface area (Å²) in [6.07, 6.45) is -0.945. The molecule has 13 heavy (non-hydrogen) atoms. The molecule has 2 N–H and O–H groups in total. The lowest BCUT2D eigenvalue weighted by Crippen LogP contribution is -2.42. The number of hydrogen-bond donors (Lipinski definition) is 2. The molecule has 1 rings (SSSR count). The van der Waals surface area contributed by atoms with Crippen LogP contribution in [-0.2, 0) is 9.59 Å². The molecule has 0 aliphatic heterocycles. The van der Waals surface area contributed by atoms with Gasteiger partial charge in [0.15, 0.2) is 0 Å². The second-order valence-electron chi connectivity index (χ2n) is 3.62. The number of rotatable bonds is 3. The van der Waals surface area contributed by atoms with Gasteiger partial charge in [-0.25, -0.2) is 4.39 Å². The molecule has 0 spiro atoms. The van der Waals surface area contributed by atoms with Crippen LogP contribution in [0.3, 0.4) is 0 Å². The summed E-state index contributed by atoms with van der Waals surface area (Å²) in [6.45, 7) is 2.83. The van der Waals surface area contributed by atoms with Crippen molar-refractivity contribution < 1.29 is 19.1 Å². The van der Waals surface area contributed by atoms with Gasteiger partial charge in [-0.15, -0.1) is 0 Å². The molecule has 3 atom stereocenters. The summed E-state index contributed by atoms with van der Waals surface area (Å²) >= 11 is 0. The molecule has 0 aromatic rings. The summed E-state index contributed by atoms with van der Waals surface area (Å²) in [7, 11) is 0. The first kappa shape index (κ1) is 9.95. The standard InChI is InChI=1S/C8H12FNO3/c1-4(6(11)12)10-7(13)8(2)3-5(8)9/h4-5H,3H2,1-2H3,(H,10,13)(H,11,12)/t4-,5?,8?/m0/s1. The Morgan fingerprint density at radius 3 is 2.46 bits per heavy atom. The number of halogens is 1. The molecule has 0 radical (unpaired) electrons. The quantitative estimate of drug-likeness (QED) is 0.672. The molecule has 5 heteroatoms. The summed E-state index contributed by atoms with van der Waals surface area (Å²) in [5.41, 5.74) is -0.996. The van der Waals surface area contributed by atoms with Gasteiger partial charge in [0.1, 0.15) is 12.2 Å². The lowest BCUT2D eigenvalue weighted by molar-refractivity contribution is -0.142. The molecule has 1 aliphatic carbocycles. The van der Waals surface area contributed by atoms with E-state index in [1.165, 1.54) is 13.8 Å². The molecule has 1 aliphatic rings. The number of carboxylic acids is 1. The van der Waals surface area contributed by atoms with Gasteiger partial charge in [-0.3, -0.25) is 9.59 Å². The smallest absolute Gasteiger partial charge is 0.325 e. The lowest BCUT2D eigenvalue weighted by Gasteiger charge is -2.12. The maximum Gasteiger partial charge on any atom is 0.325 e. The molecule has 0 heterocycles. The van der Waals surface area contributed by atoms with E-state index < -0.39 is 29.5 Å². The van der Waals surface area contributed by atoms with E-state index in [1.807, 2.05) is 0 Å². The number of carbonyl (C=O) groups excluding carboxylic acids is 1. The summed E-state index contributed by atoms with van der Waals surface area (Å²) in [5, 5.41) is 10.7. The Kier molecular flexibility index (Phi) is 2.28. The van der Waals surface area contributed by atoms with Crippen LogP contribution in [0.2, 0.25) is 0 Å². The average molecular weight is 189 g/mol. The lowest BCUT2D eigenvalue weighted by atomic mass is 10.1. The van der Waals surface area contributed by atoms with Crippen LogP contribution in [0, 0.1) is 5.41 Å². The number of alkyl halides is 1. The second-order valence-corrected chi connectivity index (χ2v) is 3.62. The van der Waals surface area contributed by atoms with Crippen molar-refractivity contribution in [3.63, 3.8) is 0 Å². The second kappa shape index (κ2) is 2.97. The molecule has 1 fully saturated rings. The van der Waals surface area contributed by atoms with E-state index in [4.69, 9.17) is 5.11 Å². The van der Waals surface area contributed by atoms with Crippen molar-refractivity contribution in [1.29, 1.82) is 0 Å². The van der Waals surface area contributed by atoms with Crippen LogP contribution >= 0.6 is 0 Å². The zero-order valence-corrected chi connectivity index (χ0v) is 7.50. The molecule has 0 aromatic heterocycles. The van der Waals surface area contributed by atoms with Gasteiger partial charge in [-0.05, 0) is 20.3 Å². The first-order chi connectivity index (χ1) is 5.88. The Bertz CT molecular complexity index is 256. The Labute approximate surface area is 75.1 Å². The Balaban J connectivity index is 2.47. The number of aliphatic carboxylic acids is 1. The zero-order chi connectivity index (χ0) is 10.2. The van der Waals surface area contributed by atoms with Crippen LogP contribution in [0.25, 0.3) is 0 Å². The molecule has 74 valence electrons. The number of carboxylic acid groups (broad SMARTS) is 1. The minimum Gasteiger partial charge on any atom is -0.480 e. The molecule has 0 bridgehead atoms. The predicted octanol–water partition coefficient (Wildman–Crippen LogP) is 0.324. The molecule has 4 nitrogen and oxygen atoms in total. The van der Waals surface area contributed by atoms with Crippen LogP contribution in [0.1, 0.15) is 20.3 Å². The van der Waals surface area contributed by atoms with E-state index in [0.29, 0.717) is 0 Å². The highest BCUT2D eigenvalue weighted by Gasteiger charge is 2.57. The van der Waals surface area contributed by atoms with Gasteiger partial charge in [-0.1, -0.05) is 0 Å². The SMILES string of the molecule is C[C@H](NC(=O)C1(C)CC1F)C(=O)O. The van der Waals surface area contributed by atoms with Crippen molar-refractivity contribution in [3.8, 4) is 0 Å². The third kappa shape index (κ3) is 1.79. The Morgan fingerprint density at radius 1 is 1.69 bits per heavy atom. The topological polar surface area (TPSA) is 66.4 Å². The number of hydrogen-bond acceptors (Lipinski definition) is 2. The minimum absolute atomic E-state index is 0.186. The molecule has 2 unspecified atom stereocenters. The molecule has 1 saturated carbocycles. The van der Waals surface area contributed by atoms with Crippen LogP contribution in [0.5, 0.6) is 0 Å². The Morgan fingerprint density at radius 2 is 2.15 bits per heavy atom. The summed E-state index contributed by atoms with van der Waals surface area (Å²) in [6, 6.07) is -0.961. The van der Waals surface area contributed by atoms with Crippen molar-refractivity contribution in [2.45, 2.75) is 32.5 Å². The molecular formula is C8H12FNO3. The van der Waals surface area contributed by atoms with Gasteiger partial charge in [0.25, 0.3) is 0 Å². The first-order valence-electron chi connectivity index (χ1n) is 4.06. The van der Waals surface area contributed by atoms with E-state index in [2.05, 4.69) is 5.32 Å². The highest BCUT2D eigenvalue weighted by atomic mass is 19.1. The number of nitrogens with one attached hydrogen (secondary N) is 1. The summed E-state index contributed by atoms with van der Waals surface area (Å²) < 4.78 is 12.7. The molecular weight excluding hydrogens is 177 g/mol. The normalized spacial score (nSPS) is 33.6. The zero-order valence-electron chi connectivity index (χ0n) is 7.50. The Hall–Kier alpha value is -1.13. The molecule has 1 amide bonds. The molecule has 0 saturated heterocycles. The van der Waals surface area contributed by atoms with E-state index in [0.717, 1.165) is 0 Å². The summed E-state index contributed by atoms with van der Waals surface area (Å²) in [4.78, 5) is 21.6. The van der Waals surface area contributed by atoms with Crippen molar-refractivity contribution >= 4 is 11.9 Å². The van der Waals surface area contributed by atoms with Crippen molar-refractivity contribution in [2.75, 3.05) is 0 Å². The van der Waals surface area contributed by atoms with Gasteiger partial charge < -0.3 is 10.4 Å². The third-order valence-corrected chi connectivity index (χ3v) is 2.37. The maximum atomic E-state index is 12.7. The first-order valence-corrected chi connectivity index (χ1v) is 4.06. The van der Waals surface area contributed by atoms with Crippen LogP contribution in [0.15, 0.2) is 0 Å². The number of carbonyl (C=O) groups is 2. The number of amides is 1. The van der Waals surface area contributed by atoms with E-state index in [-0.39, 0.29) is 6.42 Å². The molecule has 0 aromatic carbocycles. The van der Waals surface area contributed by atoms with E-state index in [9.17, 15) is 14.0 Å². The maximum absolute atomic E-state index is 12.7. The third-order valence-electron chi connectivity index (χ3n) is 2.37. The van der Waals surface area contributed by atoms with Crippen molar-refractivity contribution in [2.24, 2.45) is 5.41 Å². The van der Waals surface area contributed by atoms with Crippen molar-refractivity contribution in [3.05, 3.63) is 0 Å². The highest BCUT2D eigenvalue weighted by Crippen LogP contribution is 2.48. The van der Waals surface area contributed by atoms with Crippen LogP contribution in [0.4, 0.5) is 4.39 Å². The van der Waals surface area contributed by atoms with Crippen LogP contribution in [-0.4, -0.2) is 29.2 Å². The largest absolute Gasteiger partial charge is 0.480 e. The van der Waals surface area contributed by atoms with Gasteiger partial charge in [-0.2, -0.15) is 0 Å². The average Bonchev–Trinajstić information content (AvgIpc) is 2.61. The van der Waals surface area contributed by atoms with Gasteiger partial charge in [0, 0.05) is 0 Å². The van der Waals surface area contributed by atoms with Crippen molar-refractivity contribution in [1.82, 2.24) is 5.32 Å².